The number of hydrogen-bond donors (Lipinski definition) is 0. The lowest BCUT2D eigenvalue weighted by molar-refractivity contribution is -0.153. The van der Waals surface area contributed by atoms with Gasteiger partial charge in [-0.05, 0) is 12.8 Å². The van der Waals surface area contributed by atoms with E-state index in [4.69, 9.17) is 0 Å². The van der Waals surface area contributed by atoms with Crippen LogP contribution in [0.15, 0.2) is 0 Å². The predicted molar refractivity (Wildman–Crippen MR) is 48.4 cm³/mol. The molecule has 0 radical (unpaired) electrons. The van der Waals surface area contributed by atoms with Crippen molar-refractivity contribution < 1.29 is 4.79 Å². The molecule has 0 aromatic heterocycles. The number of nitrogens with zero attached hydrogens (tertiary/aromatic N) is 2. The lowest BCUT2D eigenvalue weighted by atomic mass is 10.2. The van der Waals surface area contributed by atoms with Gasteiger partial charge in [-0.25, -0.2) is 5.01 Å². The van der Waals surface area contributed by atoms with Crippen LogP contribution in [0.25, 0.3) is 0 Å². The van der Waals surface area contributed by atoms with Crippen LogP contribution < -0.4 is 0 Å². The Labute approximate surface area is 74.3 Å². The van der Waals surface area contributed by atoms with Crippen LogP contribution in [0.3, 0.4) is 0 Å². The van der Waals surface area contributed by atoms with Crippen molar-refractivity contribution >= 4 is 5.91 Å². The summed E-state index contributed by atoms with van der Waals surface area (Å²) in [5.74, 6) is 0.364. The molecule has 0 saturated carbocycles. The Hall–Kier alpha value is -0.570. The Morgan fingerprint density at radius 3 is 2.33 bits per heavy atom. The molecular formula is C9H18N2O. The van der Waals surface area contributed by atoms with Gasteiger partial charge in [-0.1, -0.05) is 13.8 Å². The maximum Gasteiger partial charge on any atom is 0.239 e. The highest BCUT2D eigenvalue weighted by atomic mass is 16.2. The van der Waals surface area contributed by atoms with E-state index in [1.165, 1.54) is 6.42 Å². The van der Waals surface area contributed by atoms with Gasteiger partial charge in [0, 0.05) is 26.1 Å². The monoisotopic (exact) mass is 170 g/mol. The van der Waals surface area contributed by atoms with Gasteiger partial charge in [0.2, 0.25) is 5.91 Å². The van der Waals surface area contributed by atoms with Crippen molar-refractivity contribution in [2.75, 3.05) is 20.1 Å². The topological polar surface area (TPSA) is 23.6 Å². The summed E-state index contributed by atoms with van der Waals surface area (Å²) in [6.07, 6.45) is 2.35. The van der Waals surface area contributed by atoms with E-state index in [0.29, 0.717) is 0 Å². The van der Waals surface area contributed by atoms with E-state index in [1.54, 1.807) is 0 Å². The number of hydrogen-bond acceptors (Lipinski definition) is 2. The van der Waals surface area contributed by atoms with Crippen LogP contribution in [0.1, 0.15) is 26.7 Å². The molecule has 0 spiro atoms. The first-order valence-electron chi connectivity index (χ1n) is 4.65. The lowest BCUT2D eigenvalue weighted by Crippen LogP contribution is -2.49. The third kappa shape index (κ3) is 1.97. The highest BCUT2D eigenvalue weighted by Crippen LogP contribution is 2.11. The van der Waals surface area contributed by atoms with Crippen LogP contribution in [0.5, 0.6) is 0 Å². The summed E-state index contributed by atoms with van der Waals surface area (Å²) in [5.41, 5.74) is 0. The third-order valence-corrected chi connectivity index (χ3v) is 2.26. The van der Waals surface area contributed by atoms with Crippen LogP contribution in [0.2, 0.25) is 0 Å². The van der Waals surface area contributed by atoms with Gasteiger partial charge in [0.15, 0.2) is 0 Å². The Bertz CT molecular complexity index is 168. The van der Waals surface area contributed by atoms with Crippen molar-refractivity contribution in [2.45, 2.75) is 26.7 Å². The van der Waals surface area contributed by atoms with E-state index in [9.17, 15) is 4.79 Å². The molecule has 1 rings (SSSR count). The average molecular weight is 170 g/mol. The zero-order chi connectivity index (χ0) is 9.14. The van der Waals surface area contributed by atoms with Crippen molar-refractivity contribution in [2.24, 2.45) is 5.92 Å². The first kappa shape index (κ1) is 9.52. The van der Waals surface area contributed by atoms with E-state index in [2.05, 4.69) is 0 Å². The minimum absolute atomic E-state index is 0.116. The Kier molecular flexibility index (Phi) is 3.09. The molecule has 1 fully saturated rings. The Morgan fingerprint density at radius 2 is 1.83 bits per heavy atom. The summed E-state index contributed by atoms with van der Waals surface area (Å²) >= 11 is 0. The molecule has 0 bridgehead atoms. The first-order chi connectivity index (χ1) is 5.63. The molecule has 0 N–H and O–H groups in total. The fraction of sp³-hybridized carbons (Fsp3) is 0.889. The molecular weight excluding hydrogens is 152 g/mol. The number of amides is 1. The minimum atomic E-state index is 0.116. The second-order valence-electron chi connectivity index (χ2n) is 3.70. The van der Waals surface area contributed by atoms with Crippen molar-refractivity contribution in [1.29, 1.82) is 0 Å². The third-order valence-electron chi connectivity index (χ3n) is 2.26. The largest absolute Gasteiger partial charge is 0.275 e. The van der Waals surface area contributed by atoms with Crippen LogP contribution in [0, 0.1) is 5.92 Å². The van der Waals surface area contributed by atoms with Crippen LogP contribution >= 0.6 is 0 Å². The normalized spacial score (nSPS) is 20.2. The van der Waals surface area contributed by atoms with Crippen molar-refractivity contribution in [1.82, 2.24) is 10.0 Å². The fourth-order valence-electron chi connectivity index (χ4n) is 1.47. The maximum atomic E-state index is 11.6. The predicted octanol–water partition coefficient (Wildman–Crippen LogP) is 1.11. The lowest BCUT2D eigenvalue weighted by Gasteiger charge is -2.36. The zero-order valence-electron chi connectivity index (χ0n) is 8.21. The van der Waals surface area contributed by atoms with Crippen LogP contribution in [-0.2, 0) is 4.79 Å². The van der Waals surface area contributed by atoms with E-state index in [0.717, 1.165) is 19.5 Å². The molecule has 3 nitrogen and oxygen atoms in total. The number of hydrazine groups is 1. The molecule has 1 amide bonds. The van der Waals surface area contributed by atoms with Gasteiger partial charge in [-0.3, -0.25) is 9.80 Å². The summed E-state index contributed by atoms with van der Waals surface area (Å²) < 4.78 is 0. The summed E-state index contributed by atoms with van der Waals surface area (Å²) in [7, 11) is 1.99. The molecule has 0 atom stereocenters. The van der Waals surface area contributed by atoms with Gasteiger partial charge in [0.25, 0.3) is 0 Å². The molecule has 1 aliphatic heterocycles. The zero-order valence-corrected chi connectivity index (χ0v) is 8.21. The van der Waals surface area contributed by atoms with Gasteiger partial charge in [-0.2, -0.15) is 0 Å². The Morgan fingerprint density at radius 1 is 1.25 bits per heavy atom. The summed E-state index contributed by atoms with van der Waals surface area (Å²) in [5, 5.41) is 3.90. The number of carbonyl (C=O) groups is 1. The molecule has 1 heterocycles. The van der Waals surface area contributed by atoms with Crippen molar-refractivity contribution in [3.05, 3.63) is 0 Å². The van der Waals surface area contributed by atoms with E-state index < -0.39 is 0 Å². The maximum absolute atomic E-state index is 11.6. The SMILES string of the molecule is CC(C)C(=O)N1CCCCN1C. The second-order valence-corrected chi connectivity index (χ2v) is 3.70. The van der Waals surface area contributed by atoms with E-state index in [1.807, 2.05) is 30.9 Å². The molecule has 12 heavy (non-hydrogen) atoms. The second kappa shape index (κ2) is 3.90. The first-order valence-corrected chi connectivity index (χ1v) is 4.65. The molecule has 0 aliphatic carbocycles. The molecule has 1 aliphatic rings. The molecule has 0 aromatic carbocycles. The van der Waals surface area contributed by atoms with E-state index >= 15 is 0 Å². The number of rotatable bonds is 1. The minimum Gasteiger partial charge on any atom is -0.275 e. The van der Waals surface area contributed by atoms with Gasteiger partial charge < -0.3 is 0 Å². The summed E-state index contributed by atoms with van der Waals surface area (Å²) in [6, 6.07) is 0. The van der Waals surface area contributed by atoms with Gasteiger partial charge in [0.05, 0.1) is 0 Å². The van der Waals surface area contributed by atoms with Gasteiger partial charge >= 0.3 is 0 Å². The van der Waals surface area contributed by atoms with Crippen LogP contribution in [0.4, 0.5) is 0 Å². The molecule has 0 unspecified atom stereocenters. The molecule has 1 saturated heterocycles. The molecule has 3 heteroatoms. The number of carbonyl (C=O) groups excluding carboxylic acids is 1. The quantitative estimate of drug-likeness (QED) is 0.588. The molecule has 70 valence electrons. The Balaban J connectivity index is 2.53. The van der Waals surface area contributed by atoms with Gasteiger partial charge in [-0.15, -0.1) is 0 Å². The highest BCUT2D eigenvalue weighted by Gasteiger charge is 2.22. The smallest absolute Gasteiger partial charge is 0.239 e. The summed E-state index contributed by atoms with van der Waals surface area (Å²) in [6.45, 7) is 5.81. The van der Waals surface area contributed by atoms with E-state index in [-0.39, 0.29) is 11.8 Å². The van der Waals surface area contributed by atoms with Crippen molar-refractivity contribution in [3.8, 4) is 0 Å². The summed E-state index contributed by atoms with van der Waals surface area (Å²) in [4.78, 5) is 11.6. The van der Waals surface area contributed by atoms with Crippen LogP contribution in [-0.4, -0.2) is 36.1 Å². The standard InChI is InChI=1S/C9H18N2O/c1-8(2)9(12)11-7-5-4-6-10(11)3/h8H,4-7H2,1-3H3. The fourth-order valence-corrected chi connectivity index (χ4v) is 1.47. The van der Waals surface area contributed by atoms with Gasteiger partial charge in [0.1, 0.15) is 0 Å². The highest BCUT2D eigenvalue weighted by molar-refractivity contribution is 5.77. The average Bonchev–Trinajstić information content (AvgIpc) is 2.04. The molecule has 0 aromatic rings. The van der Waals surface area contributed by atoms with Crippen molar-refractivity contribution in [3.63, 3.8) is 0 Å².